The molecule has 3 aromatic heterocycles. The van der Waals surface area contributed by atoms with Crippen molar-refractivity contribution in [2.75, 3.05) is 7.11 Å². The Kier molecular flexibility index (Phi) is 4.17. The summed E-state index contributed by atoms with van der Waals surface area (Å²) >= 11 is 0. The Morgan fingerprint density at radius 1 is 1.03 bits per heavy atom. The van der Waals surface area contributed by atoms with E-state index >= 15 is 0 Å². The molecule has 164 valence electrons. The maximum absolute atomic E-state index is 5.82. The van der Waals surface area contributed by atoms with Crippen molar-refractivity contribution in [3.8, 4) is 16.9 Å². The zero-order valence-electron chi connectivity index (χ0n) is 19.1. The second-order valence-corrected chi connectivity index (χ2v) is 8.55. The molecule has 0 bridgehead atoms. The van der Waals surface area contributed by atoms with Crippen molar-refractivity contribution >= 4 is 33.3 Å². The first-order valence-corrected chi connectivity index (χ1v) is 10.9. The molecule has 0 fully saturated rings. The summed E-state index contributed by atoms with van der Waals surface area (Å²) < 4.78 is 11.2. The largest absolute Gasteiger partial charge is 0.496 e. The molecule has 7 nitrogen and oxygen atoms in total. The number of methoxy groups -OCH3 is 1. The van der Waals surface area contributed by atoms with Gasteiger partial charge in [-0.25, -0.2) is 9.97 Å². The van der Waals surface area contributed by atoms with E-state index in [4.69, 9.17) is 24.2 Å². The Morgan fingerprint density at radius 2 is 1.85 bits per heavy atom. The zero-order valence-corrected chi connectivity index (χ0v) is 19.1. The molecular formula is C26H23N5O2. The number of hydrogen-bond acceptors (Lipinski definition) is 6. The zero-order chi connectivity index (χ0) is 22.9. The molecule has 0 saturated carbocycles. The van der Waals surface area contributed by atoms with Gasteiger partial charge < -0.3 is 14.2 Å². The fourth-order valence-corrected chi connectivity index (χ4v) is 5.07. The van der Waals surface area contributed by atoms with Crippen LogP contribution in [0.5, 0.6) is 5.75 Å². The summed E-state index contributed by atoms with van der Waals surface area (Å²) in [6, 6.07) is 12.4. The van der Waals surface area contributed by atoms with E-state index in [0.29, 0.717) is 0 Å². The fraction of sp³-hybridized carbons (Fsp3) is 0.231. The third-order valence-electron chi connectivity index (χ3n) is 6.45. The Hall–Kier alpha value is -4.00. The molecule has 33 heavy (non-hydrogen) atoms. The molecule has 0 spiro atoms. The Bertz CT molecular complexity index is 1590. The molecule has 4 heterocycles. The van der Waals surface area contributed by atoms with Gasteiger partial charge in [0.15, 0.2) is 0 Å². The molecule has 2 aromatic carbocycles. The van der Waals surface area contributed by atoms with Gasteiger partial charge >= 0.3 is 0 Å². The van der Waals surface area contributed by atoms with E-state index < -0.39 is 0 Å². The number of fused-ring (bicyclic) bond motifs is 4. The van der Waals surface area contributed by atoms with Gasteiger partial charge in [-0.1, -0.05) is 23.4 Å². The Labute approximate surface area is 190 Å². The van der Waals surface area contributed by atoms with E-state index in [1.165, 1.54) is 5.56 Å². The second kappa shape index (κ2) is 7.00. The molecule has 6 rings (SSSR count). The minimum atomic E-state index is -0.0161. The number of aromatic amines is 1. The lowest BCUT2D eigenvalue weighted by molar-refractivity contribution is 0.393. The van der Waals surface area contributed by atoms with Crippen LogP contribution in [0.3, 0.4) is 0 Å². The van der Waals surface area contributed by atoms with E-state index in [-0.39, 0.29) is 5.92 Å². The molecule has 0 saturated heterocycles. The minimum absolute atomic E-state index is 0.0161. The first-order valence-electron chi connectivity index (χ1n) is 10.9. The lowest BCUT2D eigenvalue weighted by Gasteiger charge is -2.14. The molecule has 0 aliphatic carbocycles. The van der Waals surface area contributed by atoms with Gasteiger partial charge in [-0.3, -0.25) is 4.99 Å². The number of aryl methyl sites for hydroxylation is 3. The smallest absolute Gasteiger partial charge is 0.142 e. The van der Waals surface area contributed by atoms with Crippen LogP contribution in [0.1, 0.15) is 41.4 Å². The van der Waals surface area contributed by atoms with Crippen LogP contribution in [0, 0.1) is 20.8 Å². The van der Waals surface area contributed by atoms with Crippen molar-refractivity contribution in [3.63, 3.8) is 0 Å². The van der Waals surface area contributed by atoms with Crippen LogP contribution in [-0.4, -0.2) is 32.9 Å². The highest BCUT2D eigenvalue weighted by atomic mass is 16.5. The average molecular weight is 438 g/mol. The highest BCUT2D eigenvalue weighted by Crippen LogP contribution is 2.44. The molecule has 0 amide bonds. The van der Waals surface area contributed by atoms with Crippen LogP contribution in [-0.2, 0) is 0 Å². The molecule has 7 heteroatoms. The molecule has 5 aromatic rings. The number of aliphatic imine (C=N–C) groups is 1. The summed E-state index contributed by atoms with van der Waals surface area (Å²) in [6.45, 7) is 7.85. The van der Waals surface area contributed by atoms with E-state index in [1.807, 2.05) is 26.8 Å². The van der Waals surface area contributed by atoms with Crippen molar-refractivity contribution in [1.29, 1.82) is 0 Å². The number of ether oxygens (including phenoxy) is 1. The molecule has 1 aliphatic heterocycles. The third kappa shape index (κ3) is 2.81. The highest BCUT2D eigenvalue weighted by Gasteiger charge is 2.30. The number of nitrogens with one attached hydrogen (secondary N) is 1. The van der Waals surface area contributed by atoms with Crippen LogP contribution in [0.25, 0.3) is 33.1 Å². The van der Waals surface area contributed by atoms with Gasteiger partial charge in [0.2, 0.25) is 0 Å². The van der Waals surface area contributed by atoms with E-state index in [0.717, 1.165) is 73.2 Å². The van der Waals surface area contributed by atoms with Gasteiger partial charge in [-0.2, -0.15) is 0 Å². The minimum Gasteiger partial charge on any atom is -0.496 e. The first-order chi connectivity index (χ1) is 16.0. The third-order valence-corrected chi connectivity index (χ3v) is 6.45. The number of nitrogens with zero attached hydrogens (tertiary/aromatic N) is 4. The van der Waals surface area contributed by atoms with E-state index in [1.54, 1.807) is 7.11 Å². The lowest BCUT2D eigenvalue weighted by Crippen LogP contribution is -2.10. The number of aromatic nitrogens is 4. The average Bonchev–Trinajstić information content (AvgIpc) is 3.43. The summed E-state index contributed by atoms with van der Waals surface area (Å²) in [7, 11) is 1.68. The topological polar surface area (TPSA) is 89.2 Å². The molecule has 1 N–H and O–H groups in total. The van der Waals surface area contributed by atoms with Gasteiger partial charge in [0.1, 0.15) is 23.0 Å². The number of H-pyrrole nitrogens is 1. The van der Waals surface area contributed by atoms with Gasteiger partial charge in [0, 0.05) is 27.6 Å². The Balaban J connectivity index is 1.67. The van der Waals surface area contributed by atoms with Crippen molar-refractivity contribution in [2.45, 2.75) is 33.6 Å². The predicted molar refractivity (Wildman–Crippen MR) is 129 cm³/mol. The van der Waals surface area contributed by atoms with Crippen LogP contribution >= 0.6 is 0 Å². The SMILES string of the molecule is COc1cc2c(cc1-c1c(C)noc1C)[nH]c1nc(C)nc(C3C(C)=Nc4ccccc43)c12. The molecule has 1 aliphatic rings. The fourth-order valence-electron chi connectivity index (χ4n) is 5.07. The normalized spacial score (nSPS) is 15.3. The van der Waals surface area contributed by atoms with E-state index in [2.05, 4.69) is 47.4 Å². The second-order valence-electron chi connectivity index (χ2n) is 8.55. The van der Waals surface area contributed by atoms with Crippen molar-refractivity contribution in [2.24, 2.45) is 4.99 Å². The lowest BCUT2D eigenvalue weighted by atomic mass is 9.90. The van der Waals surface area contributed by atoms with Crippen molar-refractivity contribution in [3.05, 3.63) is 64.9 Å². The van der Waals surface area contributed by atoms with Crippen molar-refractivity contribution in [1.82, 2.24) is 20.1 Å². The predicted octanol–water partition coefficient (Wildman–Crippen LogP) is 5.94. The summed E-state index contributed by atoms with van der Waals surface area (Å²) in [5, 5.41) is 6.14. The number of rotatable bonds is 3. The quantitative estimate of drug-likeness (QED) is 0.377. The van der Waals surface area contributed by atoms with Crippen molar-refractivity contribution < 1.29 is 9.26 Å². The number of para-hydroxylation sites is 1. The summed E-state index contributed by atoms with van der Waals surface area (Å²) in [5.74, 6) is 2.21. The van der Waals surface area contributed by atoms with Gasteiger partial charge in [-0.05, 0) is 51.5 Å². The molecule has 0 radical (unpaired) electrons. The maximum Gasteiger partial charge on any atom is 0.142 e. The summed E-state index contributed by atoms with van der Waals surface area (Å²) in [4.78, 5) is 18.0. The monoisotopic (exact) mass is 437 g/mol. The summed E-state index contributed by atoms with van der Waals surface area (Å²) in [5.41, 5.74) is 8.64. The molecule has 1 unspecified atom stereocenters. The van der Waals surface area contributed by atoms with Crippen LogP contribution < -0.4 is 4.74 Å². The van der Waals surface area contributed by atoms with Crippen LogP contribution in [0.4, 0.5) is 5.69 Å². The van der Waals surface area contributed by atoms with Crippen LogP contribution in [0.15, 0.2) is 45.9 Å². The number of hydrogen-bond donors (Lipinski definition) is 1. The summed E-state index contributed by atoms with van der Waals surface area (Å²) in [6.07, 6.45) is 0. The standard InChI is InChI=1S/C26H23N5O2/c1-12-23(16-8-6-7-9-19(16)27-12)25-24-17-11-21(32-5)18(22-13(2)31-33-14(22)3)10-20(17)30-26(24)29-15(4)28-25/h6-11,23H,1-5H3,(H,28,29,30). The van der Waals surface area contributed by atoms with Gasteiger partial charge in [0.05, 0.1) is 35.7 Å². The highest BCUT2D eigenvalue weighted by molar-refractivity contribution is 6.12. The van der Waals surface area contributed by atoms with Crippen LogP contribution in [0.2, 0.25) is 0 Å². The van der Waals surface area contributed by atoms with E-state index in [9.17, 15) is 0 Å². The number of benzene rings is 2. The maximum atomic E-state index is 5.82. The first kappa shape index (κ1) is 19.7. The molecule has 1 atom stereocenters. The Morgan fingerprint density at radius 3 is 2.61 bits per heavy atom. The van der Waals surface area contributed by atoms with Gasteiger partial charge in [-0.15, -0.1) is 0 Å². The van der Waals surface area contributed by atoms with Gasteiger partial charge in [0.25, 0.3) is 0 Å². The molecular weight excluding hydrogens is 414 g/mol.